The maximum Gasteiger partial charge on any atom is 0.147 e. The molecule has 0 bridgehead atoms. The Morgan fingerprint density at radius 2 is 2.05 bits per heavy atom. The molecule has 5 nitrogen and oxygen atoms in total. The Balaban J connectivity index is 2.29. The number of nitrogens with one attached hydrogen (secondary N) is 1. The maximum absolute atomic E-state index is 9.17. The van der Waals surface area contributed by atoms with Gasteiger partial charge >= 0.3 is 0 Å². The van der Waals surface area contributed by atoms with E-state index in [1.165, 1.54) is 12.4 Å². The summed E-state index contributed by atoms with van der Waals surface area (Å²) in [4.78, 5) is 3.91. The molecule has 0 atom stereocenters. The van der Waals surface area contributed by atoms with Crippen molar-refractivity contribution in [2.45, 2.75) is 6.54 Å². The number of pyridine rings is 1. The topological polar surface area (TPSA) is 81.7 Å². The summed E-state index contributed by atoms with van der Waals surface area (Å²) in [6, 6.07) is 11.1. The molecule has 0 saturated heterocycles. The second kappa shape index (κ2) is 6.33. The molecule has 0 saturated carbocycles. The van der Waals surface area contributed by atoms with Crippen molar-refractivity contribution in [3.8, 4) is 23.6 Å². The first-order valence-electron chi connectivity index (χ1n) is 5.97. The van der Waals surface area contributed by atoms with Gasteiger partial charge in [0.2, 0.25) is 0 Å². The van der Waals surface area contributed by atoms with Gasteiger partial charge in [-0.15, -0.1) is 0 Å². The minimum Gasteiger partial charge on any atom is -0.454 e. The number of aromatic nitrogens is 1. The van der Waals surface area contributed by atoms with Gasteiger partial charge in [0.15, 0.2) is 0 Å². The van der Waals surface area contributed by atoms with Gasteiger partial charge in [-0.05, 0) is 24.7 Å². The summed E-state index contributed by atoms with van der Waals surface area (Å²) in [5, 5.41) is 21.0. The molecule has 2 rings (SSSR count). The number of nitrogens with zero attached hydrogens (tertiary/aromatic N) is 3. The lowest BCUT2D eigenvalue weighted by Gasteiger charge is -2.08. The van der Waals surface area contributed by atoms with Crippen molar-refractivity contribution in [1.29, 1.82) is 10.5 Å². The van der Waals surface area contributed by atoms with Crippen molar-refractivity contribution in [1.82, 2.24) is 10.3 Å². The third kappa shape index (κ3) is 3.11. The highest BCUT2D eigenvalue weighted by Gasteiger charge is 2.07. The van der Waals surface area contributed by atoms with E-state index in [0.717, 1.165) is 5.56 Å². The number of hydrogen-bond acceptors (Lipinski definition) is 5. The van der Waals surface area contributed by atoms with Crippen LogP contribution >= 0.6 is 0 Å². The quantitative estimate of drug-likeness (QED) is 0.916. The van der Waals surface area contributed by atoms with E-state index >= 15 is 0 Å². The minimum atomic E-state index is 0.410. The van der Waals surface area contributed by atoms with E-state index < -0.39 is 0 Å². The maximum atomic E-state index is 9.17. The monoisotopic (exact) mass is 264 g/mol. The van der Waals surface area contributed by atoms with Crippen LogP contribution in [0, 0.1) is 22.7 Å². The summed E-state index contributed by atoms with van der Waals surface area (Å²) >= 11 is 0. The first-order chi connectivity index (χ1) is 9.76. The Hall–Kier alpha value is -2.89. The molecule has 0 aliphatic carbocycles. The number of ether oxygens (including phenoxy) is 1. The number of hydrogen-bond donors (Lipinski definition) is 1. The van der Waals surface area contributed by atoms with Crippen LogP contribution < -0.4 is 10.1 Å². The van der Waals surface area contributed by atoms with Gasteiger partial charge in [-0.1, -0.05) is 6.07 Å². The first-order valence-corrected chi connectivity index (χ1v) is 5.97. The molecule has 1 N–H and O–H groups in total. The normalized spacial score (nSPS) is 9.55. The molecule has 98 valence electrons. The highest BCUT2D eigenvalue weighted by atomic mass is 16.5. The SMILES string of the molecule is CNCc1ccc(Oc2cncc(C#N)c2)c(C#N)c1. The fourth-order valence-corrected chi connectivity index (χ4v) is 1.73. The van der Waals surface area contributed by atoms with Crippen LogP contribution in [0.4, 0.5) is 0 Å². The fraction of sp³-hybridized carbons (Fsp3) is 0.133. The zero-order valence-electron chi connectivity index (χ0n) is 10.9. The highest BCUT2D eigenvalue weighted by Crippen LogP contribution is 2.25. The molecule has 1 aromatic carbocycles. The predicted molar refractivity (Wildman–Crippen MR) is 72.9 cm³/mol. The van der Waals surface area contributed by atoms with E-state index in [-0.39, 0.29) is 0 Å². The second-order valence-corrected chi connectivity index (χ2v) is 4.10. The molecule has 0 aliphatic rings. The van der Waals surface area contributed by atoms with E-state index in [2.05, 4.69) is 16.4 Å². The van der Waals surface area contributed by atoms with Gasteiger partial charge in [-0.3, -0.25) is 4.98 Å². The standard InChI is InChI=1S/C15H12N4O/c1-18-8-11-2-3-15(13(4-11)7-17)20-14-5-12(6-16)9-19-10-14/h2-5,9-10,18H,8H2,1H3. The molecule has 0 spiro atoms. The number of benzene rings is 1. The molecule has 0 radical (unpaired) electrons. The van der Waals surface area contributed by atoms with Crippen LogP contribution in [0.1, 0.15) is 16.7 Å². The lowest BCUT2D eigenvalue weighted by molar-refractivity contribution is 0.478. The Kier molecular flexibility index (Phi) is 4.28. The summed E-state index contributed by atoms with van der Waals surface area (Å²) in [7, 11) is 1.84. The van der Waals surface area contributed by atoms with Crippen molar-refractivity contribution in [3.05, 3.63) is 53.3 Å². The van der Waals surface area contributed by atoms with Crippen LogP contribution in [0.3, 0.4) is 0 Å². The molecule has 1 aromatic heterocycles. The van der Waals surface area contributed by atoms with Crippen LogP contribution in [-0.4, -0.2) is 12.0 Å². The van der Waals surface area contributed by atoms with Crippen LogP contribution in [-0.2, 0) is 6.54 Å². The van der Waals surface area contributed by atoms with E-state index in [1.807, 2.05) is 19.2 Å². The minimum absolute atomic E-state index is 0.410. The Labute approximate surface area is 117 Å². The Morgan fingerprint density at radius 1 is 1.20 bits per heavy atom. The van der Waals surface area contributed by atoms with E-state index in [0.29, 0.717) is 29.2 Å². The summed E-state index contributed by atoms with van der Waals surface area (Å²) in [6.45, 7) is 0.681. The molecule has 0 amide bonds. The summed E-state index contributed by atoms with van der Waals surface area (Å²) < 4.78 is 5.62. The zero-order chi connectivity index (χ0) is 14.4. The molecule has 2 aromatic rings. The average molecular weight is 264 g/mol. The largest absolute Gasteiger partial charge is 0.454 e. The van der Waals surface area contributed by atoms with Crippen molar-refractivity contribution < 1.29 is 4.74 Å². The first kappa shape index (κ1) is 13.5. The molecular weight excluding hydrogens is 252 g/mol. The predicted octanol–water partition coefficient (Wildman–Crippen LogP) is 2.34. The van der Waals surface area contributed by atoms with Crippen LogP contribution in [0.2, 0.25) is 0 Å². The molecule has 0 aliphatic heterocycles. The summed E-state index contributed by atoms with van der Waals surface area (Å²) in [5.74, 6) is 0.881. The van der Waals surface area contributed by atoms with E-state index in [4.69, 9.17) is 10.00 Å². The Morgan fingerprint density at radius 3 is 2.75 bits per heavy atom. The second-order valence-electron chi connectivity index (χ2n) is 4.10. The smallest absolute Gasteiger partial charge is 0.147 e. The number of nitriles is 2. The molecule has 5 heteroatoms. The third-order valence-electron chi connectivity index (χ3n) is 2.62. The van der Waals surface area contributed by atoms with Crippen molar-refractivity contribution >= 4 is 0 Å². The lowest BCUT2D eigenvalue weighted by atomic mass is 10.1. The average Bonchev–Trinajstić information content (AvgIpc) is 2.49. The van der Waals surface area contributed by atoms with Crippen LogP contribution in [0.5, 0.6) is 11.5 Å². The van der Waals surface area contributed by atoms with Crippen LogP contribution in [0.25, 0.3) is 0 Å². The number of rotatable bonds is 4. The van der Waals surface area contributed by atoms with Gasteiger partial charge in [-0.25, -0.2) is 0 Å². The van der Waals surface area contributed by atoms with Gasteiger partial charge in [0, 0.05) is 18.8 Å². The van der Waals surface area contributed by atoms with Gasteiger partial charge in [0.25, 0.3) is 0 Å². The molecule has 20 heavy (non-hydrogen) atoms. The fourth-order valence-electron chi connectivity index (χ4n) is 1.73. The van der Waals surface area contributed by atoms with Crippen LogP contribution in [0.15, 0.2) is 36.7 Å². The lowest BCUT2D eigenvalue weighted by Crippen LogP contribution is -2.05. The van der Waals surface area contributed by atoms with Gasteiger partial charge in [0.1, 0.15) is 23.6 Å². The molecule has 0 unspecified atom stereocenters. The highest BCUT2D eigenvalue weighted by molar-refractivity contribution is 5.47. The van der Waals surface area contributed by atoms with Crippen molar-refractivity contribution in [3.63, 3.8) is 0 Å². The zero-order valence-corrected chi connectivity index (χ0v) is 10.9. The van der Waals surface area contributed by atoms with Gasteiger partial charge in [0.05, 0.1) is 17.3 Å². The summed E-state index contributed by atoms with van der Waals surface area (Å²) in [6.07, 6.45) is 2.96. The molecular formula is C15H12N4O. The van der Waals surface area contributed by atoms with E-state index in [1.54, 1.807) is 18.2 Å². The summed E-state index contributed by atoms with van der Waals surface area (Å²) in [5.41, 5.74) is 1.85. The molecule has 0 fully saturated rings. The van der Waals surface area contributed by atoms with Crippen molar-refractivity contribution in [2.75, 3.05) is 7.05 Å². The van der Waals surface area contributed by atoms with Gasteiger partial charge in [-0.2, -0.15) is 10.5 Å². The Bertz CT molecular complexity index is 698. The third-order valence-corrected chi connectivity index (χ3v) is 2.62. The van der Waals surface area contributed by atoms with E-state index in [9.17, 15) is 5.26 Å². The van der Waals surface area contributed by atoms with Crippen molar-refractivity contribution in [2.24, 2.45) is 0 Å². The van der Waals surface area contributed by atoms with Gasteiger partial charge < -0.3 is 10.1 Å². The molecule has 1 heterocycles.